The van der Waals surface area contributed by atoms with Crippen molar-refractivity contribution >= 4 is 11.8 Å². The Morgan fingerprint density at radius 2 is 2.18 bits per heavy atom. The van der Waals surface area contributed by atoms with Crippen molar-refractivity contribution in [2.75, 3.05) is 6.54 Å². The zero-order chi connectivity index (χ0) is 12.3. The van der Waals surface area contributed by atoms with Crippen molar-refractivity contribution in [1.82, 2.24) is 4.98 Å². The number of nitrogens with two attached hydrogens (primary N) is 1. The molecule has 0 radical (unpaired) electrons. The van der Waals surface area contributed by atoms with Crippen molar-refractivity contribution in [3.63, 3.8) is 0 Å². The van der Waals surface area contributed by atoms with Gasteiger partial charge in [-0.15, -0.1) is 0 Å². The van der Waals surface area contributed by atoms with E-state index in [-0.39, 0.29) is 0 Å². The van der Waals surface area contributed by atoms with Crippen LogP contribution in [-0.2, 0) is 6.42 Å². The number of benzene rings is 1. The van der Waals surface area contributed by atoms with Crippen LogP contribution in [0.1, 0.15) is 16.8 Å². The molecule has 2 aromatic rings. The van der Waals surface area contributed by atoms with E-state index in [1.54, 1.807) is 18.0 Å². The molecule has 2 rings (SSSR count). The highest BCUT2D eigenvalue weighted by atomic mass is 32.2. The van der Waals surface area contributed by atoms with Crippen molar-refractivity contribution in [2.45, 2.75) is 30.4 Å². The second-order valence-electron chi connectivity index (χ2n) is 3.98. The molecule has 0 saturated carbocycles. The lowest BCUT2D eigenvalue weighted by atomic mass is 10.1. The Balaban J connectivity index is 2.14. The molecule has 3 nitrogen and oxygen atoms in total. The van der Waals surface area contributed by atoms with Crippen LogP contribution in [0, 0.1) is 13.8 Å². The van der Waals surface area contributed by atoms with Gasteiger partial charge in [0.2, 0.25) is 0 Å². The van der Waals surface area contributed by atoms with Crippen LogP contribution >= 0.6 is 11.8 Å². The third kappa shape index (κ3) is 3.11. The summed E-state index contributed by atoms with van der Waals surface area (Å²) in [6.45, 7) is 4.71. The summed E-state index contributed by atoms with van der Waals surface area (Å²) in [7, 11) is 0. The quantitative estimate of drug-likeness (QED) is 0.903. The van der Waals surface area contributed by atoms with Crippen molar-refractivity contribution in [3.05, 3.63) is 41.3 Å². The molecule has 0 aliphatic carbocycles. The molecule has 90 valence electrons. The van der Waals surface area contributed by atoms with E-state index in [1.165, 1.54) is 11.1 Å². The van der Waals surface area contributed by atoms with E-state index in [1.807, 2.05) is 6.92 Å². The summed E-state index contributed by atoms with van der Waals surface area (Å²) in [6.07, 6.45) is 2.59. The lowest BCUT2D eigenvalue weighted by Gasteiger charge is -2.05. The van der Waals surface area contributed by atoms with Gasteiger partial charge in [0.25, 0.3) is 5.22 Å². The topological polar surface area (TPSA) is 52.0 Å². The summed E-state index contributed by atoms with van der Waals surface area (Å²) >= 11 is 1.54. The largest absolute Gasteiger partial charge is 0.439 e. The Kier molecular flexibility index (Phi) is 3.86. The maximum atomic E-state index is 5.56. The molecule has 4 heteroatoms. The molecular formula is C13H16N2OS. The summed E-state index contributed by atoms with van der Waals surface area (Å²) in [6, 6.07) is 6.36. The summed E-state index contributed by atoms with van der Waals surface area (Å²) in [4.78, 5) is 5.41. The molecule has 0 unspecified atom stereocenters. The average molecular weight is 248 g/mol. The molecule has 17 heavy (non-hydrogen) atoms. The van der Waals surface area contributed by atoms with Gasteiger partial charge < -0.3 is 10.2 Å². The molecule has 1 aromatic carbocycles. The minimum Gasteiger partial charge on any atom is -0.439 e. The van der Waals surface area contributed by atoms with E-state index in [4.69, 9.17) is 10.2 Å². The Morgan fingerprint density at radius 3 is 2.76 bits per heavy atom. The van der Waals surface area contributed by atoms with Crippen LogP contribution in [0.15, 0.2) is 39.0 Å². The van der Waals surface area contributed by atoms with Gasteiger partial charge in [-0.1, -0.05) is 6.07 Å². The molecule has 1 aromatic heterocycles. The monoisotopic (exact) mass is 248 g/mol. The predicted molar refractivity (Wildman–Crippen MR) is 69.3 cm³/mol. The van der Waals surface area contributed by atoms with Gasteiger partial charge in [-0.05, 0) is 61.8 Å². The average Bonchev–Trinajstić information content (AvgIpc) is 2.68. The molecule has 0 bridgehead atoms. The second-order valence-corrected chi connectivity index (χ2v) is 5.01. The number of hydrogen-bond donors (Lipinski definition) is 1. The molecule has 1 heterocycles. The summed E-state index contributed by atoms with van der Waals surface area (Å²) in [5, 5.41) is 0.688. The molecule has 0 saturated heterocycles. The van der Waals surface area contributed by atoms with E-state index in [9.17, 15) is 0 Å². The molecular weight excluding hydrogens is 232 g/mol. The highest BCUT2D eigenvalue weighted by Crippen LogP contribution is 2.28. The third-order valence-corrected chi connectivity index (χ3v) is 3.38. The zero-order valence-electron chi connectivity index (χ0n) is 10.1. The fraction of sp³-hybridized carbons (Fsp3) is 0.308. The number of oxazole rings is 1. The third-order valence-electron chi connectivity index (χ3n) is 2.53. The molecule has 0 aliphatic rings. The molecule has 0 fully saturated rings. The smallest absolute Gasteiger partial charge is 0.260 e. The lowest BCUT2D eigenvalue weighted by Crippen LogP contribution is -2.03. The second kappa shape index (κ2) is 5.38. The van der Waals surface area contributed by atoms with Gasteiger partial charge in [-0.2, -0.15) is 0 Å². The van der Waals surface area contributed by atoms with Crippen LogP contribution in [0.4, 0.5) is 0 Å². The van der Waals surface area contributed by atoms with Crippen LogP contribution in [0.3, 0.4) is 0 Å². The highest BCUT2D eigenvalue weighted by Gasteiger charge is 2.05. The first-order chi connectivity index (χ1) is 8.19. The zero-order valence-corrected chi connectivity index (χ0v) is 10.9. The van der Waals surface area contributed by atoms with Crippen LogP contribution in [0.2, 0.25) is 0 Å². The molecule has 0 aliphatic heterocycles. The first-order valence-corrected chi connectivity index (χ1v) is 6.40. The first kappa shape index (κ1) is 12.2. The van der Waals surface area contributed by atoms with Gasteiger partial charge in [-0.3, -0.25) is 0 Å². The van der Waals surface area contributed by atoms with E-state index < -0.39 is 0 Å². The number of nitrogens with zero attached hydrogens (tertiary/aromatic N) is 1. The Hall–Kier alpha value is -1.26. The first-order valence-electron chi connectivity index (χ1n) is 5.58. The SMILES string of the molecule is Cc1coc(Sc2ccc(CCN)c(C)c2)n1. The van der Waals surface area contributed by atoms with Crippen molar-refractivity contribution in [1.29, 1.82) is 0 Å². The fourth-order valence-electron chi connectivity index (χ4n) is 1.65. The van der Waals surface area contributed by atoms with Crippen LogP contribution in [0.5, 0.6) is 0 Å². The van der Waals surface area contributed by atoms with E-state index in [2.05, 4.69) is 30.1 Å². The van der Waals surface area contributed by atoms with E-state index >= 15 is 0 Å². The Morgan fingerprint density at radius 1 is 1.35 bits per heavy atom. The van der Waals surface area contributed by atoms with E-state index in [0.717, 1.165) is 17.0 Å². The molecule has 2 N–H and O–H groups in total. The number of rotatable bonds is 4. The van der Waals surface area contributed by atoms with Gasteiger partial charge >= 0.3 is 0 Å². The molecule has 0 amide bonds. The standard InChI is InChI=1S/C13H16N2OS/c1-9-7-12(4-3-11(9)5-6-14)17-13-15-10(2)8-16-13/h3-4,7-8H,5-6,14H2,1-2H3. The lowest BCUT2D eigenvalue weighted by molar-refractivity contribution is 0.454. The van der Waals surface area contributed by atoms with Crippen LogP contribution in [0.25, 0.3) is 0 Å². The Bertz CT molecular complexity index is 508. The summed E-state index contributed by atoms with van der Waals surface area (Å²) < 4.78 is 5.32. The molecule has 0 atom stereocenters. The molecule has 0 spiro atoms. The summed E-state index contributed by atoms with van der Waals surface area (Å²) in [5.74, 6) is 0. The van der Waals surface area contributed by atoms with E-state index in [0.29, 0.717) is 11.8 Å². The Labute approximate surface area is 105 Å². The number of hydrogen-bond acceptors (Lipinski definition) is 4. The highest BCUT2D eigenvalue weighted by molar-refractivity contribution is 7.99. The maximum Gasteiger partial charge on any atom is 0.260 e. The predicted octanol–water partition coefficient (Wildman–Crippen LogP) is 2.94. The maximum absolute atomic E-state index is 5.56. The number of aromatic nitrogens is 1. The minimum absolute atomic E-state index is 0.687. The van der Waals surface area contributed by atoms with Crippen molar-refractivity contribution in [2.24, 2.45) is 5.73 Å². The number of aryl methyl sites for hydroxylation is 2. The van der Waals surface area contributed by atoms with Gasteiger partial charge in [0.1, 0.15) is 6.26 Å². The van der Waals surface area contributed by atoms with Crippen LogP contribution < -0.4 is 5.73 Å². The van der Waals surface area contributed by atoms with Gasteiger partial charge in [0, 0.05) is 4.90 Å². The summed E-state index contributed by atoms with van der Waals surface area (Å²) in [5.41, 5.74) is 9.04. The van der Waals surface area contributed by atoms with Gasteiger partial charge in [-0.25, -0.2) is 4.98 Å². The van der Waals surface area contributed by atoms with Gasteiger partial charge in [0.05, 0.1) is 5.69 Å². The minimum atomic E-state index is 0.687. The van der Waals surface area contributed by atoms with Gasteiger partial charge in [0.15, 0.2) is 0 Å². The van der Waals surface area contributed by atoms with Crippen LogP contribution in [-0.4, -0.2) is 11.5 Å². The van der Waals surface area contributed by atoms with Crippen molar-refractivity contribution in [3.8, 4) is 0 Å². The normalized spacial score (nSPS) is 10.8. The van der Waals surface area contributed by atoms with Crippen molar-refractivity contribution < 1.29 is 4.42 Å². The fourth-order valence-corrected chi connectivity index (χ4v) is 2.51.